The average Bonchev–Trinajstić information content (AvgIpc) is 2.16. The van der Waals surface area contributed by atoms with E-state index in [1.165, 1.54) is 12.1 Å². The number of hydrogen-bond acceptors (Lipinski definition) is 1. The fourth-order valence-electron chi connectivity index (χ4n) is 1.65. The summed E-state index contributed by atoms with van der Waals surface area (Å²) in [6.45, 7) is 6.20. The number of aryl methyl sites for hydroxylation is 1. The highest BCUT2D eigenvalue weighted by Crippen LogP contribution is 2.31. The van der Waals surface area contributed by atoms with Crippen LogP contribution in [0.4, 0.5) is 13.2 Å². The number of benzene rings is 1. The van der Waals surface area contributed by atoms with Crippen LogP contribution >= 0.6 is 0 Å². The second-order valence-corrected chi connectivity index (χ2v) is 3.91. The Bertz CT molecular complexity index is 358. The van der Waals surface area contributed by atoms with Gasteiger partial charge in [-0.3, -0.25) is 0 Å². The normalized spacial score (nSPS) is 13.9. The van der Waals surface area contributed by atoms with E-state index in [-0.39, 0.29) is 6.04 Å². The predicted molar refractivity (Wildman–Crippen MR) is 58.3 cm³/mol. The van der Waals surface area contributed by atoms with E-state index in [2.05, 4.69) is 5.32 Å². The molecule has 0 unspecified atom stereocenters. The van der Waals surface area contributed by atoms with Gasteiger partial charge in [-0.05, 0) is 38.1 Å². The van der Waals surface area contributed by atoms with Crippen molar-refractivity contribution in [3.8, 4) is 0 Å². The highest BCUT2D eigenvalue weighted by atomic mass is 19.4. The zero-order valence-electron chi connectivity index (χ0n) is 9.65. The maximum absolute atomic E-state index is 12.6. The summed E-state index contributed by atoms with van der Waals surface area (Å²) in [5, 5.41) is 3.10. The van der Waals surface area contributed by atoms with Gasteiger partial charge in [-0.1, -0.05) is 18.6 Å². The highest BCUT2D eigenvalue weighted by molar-refractivity contribution is 5.32. The Labute approximate surface area is 93.7 Å². The predicted octanol–water partition coefficient (Wildman–Crippen LogP) is 3.68. The van der Waals surface area contributed by atoms with Crippen molar-refractivity contribution in [1.82, 2.24) is 5.32 Å². The van der Waals surface area contributed by atoms with E-state index in [0.717, 1.165) is 6.54 Å². The zero-order valence-corrected chi connectivity index (χ0v) is 9.65. The van der Waals surface area contributed by atoms with Gasteiger partial charge in [0.2, 0.25) is 0 Å². The summed E-state index contributed by atoms with van der Waals surface area (Å²) in [4.78, 5) is 0. The topological polar surface area (TPSA) is 12.0 Å². The zero-order chi connectivity index (χ0) is 12.3. The van der Waals surface area contributed by atoms with Crippen LogP contribution in [0.2, 0.25) is 0 Å². The van der Waals surface area contributed by atoms with Crippen LogP contribution in [0.3, 0.4) is 0 Å². The van der Waals surface area contributed by atoms with Crippen LogP contribution in [0.25, 0.3) is 0 Å². The molecular weight excluding hydrogens is 215 g/mol. The molecule has 0 aliphatic heterocycles. The Morgan fingerprint density at radius 3 is 2.38 bits per heavy atom. The van der Waals surface area contributed by atoms with E-state index in [4.69, 9.17) is 0 Å². The van der Waals surface area contributed by atoms with Crippen LogP contribution in [-0.2, 0) is 6.18 Å². The molecule has 0 saturated heterocycles. The molecule has 0 aromatic heterocycles. The van der Waals surface area contributed by atoms with Crippen molar-refractivity contribution >= 4 is 0 Å². The molecule has 0 amide bonds. The summed E-state index contributed by atoms with van der Waals surface area (Å²) < 4.78 is 37.7. The minimum Gasteiger partial charge on any atom is -0.310 e. The lowest BCUT2D eigenvalue weighted by molar-refractivity contribution is -0.137. The molecule has 0 spiro atoms. The van der Waals surface area contributed by atoms with Crippen molar-refractivity contribution in [2.75, 3.05) is 6.54 Å². The minimum absolute atomic E-state index is 0.0639. The van der Waals surface area contributed by atoms with Crippen LogP contribution < -0.4 is 5.32 Å². The number of nitrogens with one attached hydrogen (secondary N) is 1. The van der Waals surface area contributed by atoms with Crippen LogP contribution in [0, 0.1) is 6.92 Å². The summed E-state index contributed by atoms with van der Waals surface area (Å²) in [5.74, 6) is 0. The lowest BCUT2D eigenvalue weighted by Crippen LogP contribution is -2.18. The average molecular weight is 231 g/mol. The molecule has 90 valence electrons. The summed E-state index contributed by atoms with van der Waals surface area (Å²) in [6.07, 6.45) is -4.27. The quantitative estimate of drug-likeness (QED) is 0.836. The largest absolute Gasteiger partial charge is 0.416 e. The molecule has 0 aliphatic carbocycles. The first-order valence-electron chi connectivity index (χ1n) is 5.26. The third-order valence-electron chi connectivity index (χ3n) is 2.44. The van der Waals surface area contributed by atoms with E-state index >= 15 is 0 Å². The van der Waals surface area contributed by atoms with Crippen molar-refractivity contribution < 1.29 is 13.2 Å². The summed E-state index contributed by atoms with van der Waals surface area (Å²) in [6, 6.07) is 4.09. The molecule has 1 aromatic carbocycles. The summed E-state index contributed by atoms with van der Waals surface area (Å²) in [5.41, 5.74) is 0.732. The van der Waals surface area contributed by atoms with Gasteiger partial charge in [-0.25, -0.2) is 0 Å². The number of hydrogen-bond donors (Lipinski definition) is 1. The van der Waals surface area contributed by atoms with E-state index in [1.54, 1.807) is 13.0 Å². The van der Waals surface area contributed by atoms with Crippen molar-refractivity contribution in [3.05, 3.63) is 34.9 Å². The molecule has 0 aliphatic rings. The maximum Gasteiger partial charge on any atom is 0.416 e. The molecule has 0 radical (unpaired) electrons. The van der Waals surface area contributed by atoms with Crippen LogP contribution in [0.5, 0.6) is 0 Å². The fraction of sp³-hybridized carbons (Fsp3) is 0.500. The van der Waals surface area contributed by atoms with E-state index < -0.39 is 11.7 Å². The molecule has 1 rings (SSSR count). The molecule has 1 atom stereocenters. The second kappa shape index (κ2) is 4.87. The van der Waals surface area contributed by atoms with Crippen LogP contribution in [0.15, 0.2) is 18.2 Å². The van der Waals surface area contributed by atoms with Gasteiger partial charge in [0.05, 0.1) is 5.56 Å². The number of halogens is 3. The van der Waals surface area contributed by atoms with Gasteiger partial charge in [0, 0.05) is 6.04 Å². The molecular formula is C12H16F3N. The van der Waals surface area contributed by atoms with Crippen molar-refractivity contribution in [2.24, 2.45) is 0 Å². The molecule has 1 nitrogen and oxygen atoms in total. The molecule has 0 heterocycles. The van der Waals surface area contributed by atoms with Gasteiger partial charge in [0.1, 0.15) is 0 Å². The first-order valence-corrected chi connectivity index (χ1v) is 5.26. The molecule has 0 saturated carbocycles. The maximum atomic E-state index is 12.6. The minimum atomic E-state index is -4.27. The lowest BCUT2D eigenvalue weighted by atomic mass is 10.0. The Kier molecular flexibility index (Phi) is 3.97. The Balaban J connectivity index is 3.08. The molecule has 0 fully saturated rings. The first-order chi connectivity index (χ1) is 7.34. The molecule has 0 bridgehead atoms. The monoisotopic (exact) mass is 231 g/mol. The molecule has 1 aromatic rings. The van der Waals surface area contributed by atoms with Crippen LogP contribution in [-0.4, -0.2) is 6.54 Å². The van der Waals surface area contributed by atoms with E-state index in [0.29, 0.717) is 11.1 Å². The standard InChI is InChI=1S/C12H16F3N/c1-4-16-9(3)10-5-8(2)6-11(7-10)12(13,14)15/h5-7,9,16H,4H2,1-3H3/t9-/m0/s1. The SMILES string of the molecule is CCN[C@@H](C)c1cc(C)cc(C(F)(F)F)c1. The van der Waals surface area contributed by atoms with Gasteiger partial charge < -0.3 is 5.32 Å². The third kappa shape index (κ3) is 3.23. The Hall–Kier alpha value is -1.03. The van der Waals surface area contributed by atoms with Gasteiger partial charge in [0.25, 0.3) is 0 Å². The van der Waals surface area contributed by atoms with Gasteiger partial charge in [0.15, 0.2) is 0 Å². The fourth-order valence-corrected chi connectivity index (χ4v) is 1.65. The van der Waals surface area contributed by atoms with Gasteiger partial charge >= 0.3 is 6.18 Å². The van der Waals surface area contributed by atoms with E-state index in [1.807, 2.05) is 13.8 Å². The first kappa shape index (κ1) is 13.0. The summed E-state index contributed by atoms with van der Waals surface area (Å²) in [7, 11) is 0. The smallest absolute Gasteiger partial charge is 0.310 e. The van der Waals surface area contributed by atoms with Crippen molar-refractivity contribution in [3.63, 3.8) is 0 Å². The molecule has 1 N–H and O–H groups in total. The Morgan fingerprint density at radius 1 is 1.25 bits per heavy atom. The summed E-state index contributed by atoms with van der Waals surface area (Å²) >= 11 is 0. The highest BCUT2D eigenvalue weighted by Gasteiger charge is 2.31. The van der Waals surface area contributed by atoms with E-state index in [9.17, 15) is 13.2 Å². The third-order valence-corrected chi connectivity index (χ3v) is 2.44. The number of alkyl halides is 3. The second-order valence-electron chi connectivity index (χ2n) is 3.91. The molecule has 4 heteroatoms. The van der Waals surface area contributed by atoms with Crippen molar-refractivity contribution in [1.29, 1.82) is 0 Å². The molecule has 16 heavy (non-hydrogen) atoms. The van der Waals surface area contributed by atoms with Crippen LogP contribution in [0.1, 0.15) is 36.6 Å². The van der Waals surface area contributed by atoms with Crippen molar-refractivity contribution in [2.45, 2.75) is 33.0 Å². The Morgan fingerprint density at radius 2 is 1.88 bits per heavy atom. The van der Waals surface area contributed by atoms with Gasteiger partial charge in [-0.15, -0.1) is 0 Å². The lowest BCUT2D eigenvalue weighted by Gasteiger charge is -2.16. The number of rotatable bonds is 3. The van der Waals surface area contributed by atoms with Gasteiger partial charge in [-0.2, -0.15) is 13.2 Å².